The van der Waals surface area contributed by atoms with Gasteiger partial charge in [0.05, 0.1) is 18.1 Å². The maximum Gasteiger partial charge on any atom is 0.391 e. The van der Waals surface area contributed by atoms with Crippen LogP contribution in [0, 0.1) is 5.92 Å². The van der Waals surface area contributed by atoms with Crippen molar-refractivity contribution in [3.05, 3.63) is 42.0 Å². The van der Waals surface area contributed by atoms with Gasteiger partial charge in [-0.05, 0) is 37.8 Å². The Balaban J connectivity index is 1.72. The molecule has 0 spiro atoms. The number of nitrogens with one attached hydrogen (secondary N) is 2. The minimum Gasteiger partial charge on any atom is -0.354 e. The highest BCUT2D eigenvalue weighted by atomic mass is 19.4. The fraction of sp³-hybridized carbons (Fsp3) is 0.500. The number of aromatic nitrogens is 4. The Bertz CT molecular complexity index is 1150. The highest BCUT2D eigenvalue weighted by Gasteiger charge is 2.30. The predicted octanol–water partition coefficient (Wildman–Crippen LogP) is 5.20. The molecule has 4 rings (SSSR count). The van der Waals surface area contributed by atoms with Crippen molar-refractivity contribution in [1.29, 1.82) is 0 Å². The summed E-state index contributed by atoms with van der Waals surface area (Å²) in [6.45, 7) is 3.72. The lowest BCUT2D eigenvalue weighted by Gasteiger charge is -2.25. The summed E-state index contributed by atoms with van der Waals surface area (Å²) in [6, 6.07) is 4.71. The first-order valence-electron chi connectivity index (χ1n) is 11.5. The Morgan fingerprint density at radius 2 is 1.91 bits per heavy atom. The quantitative estimate of drug-likeness (QED) is 0.513. The first-order valence-corrected chi connectivity index (χ1v) is 11.5. The van der Waals surface area contributed by atoms with Gasteiger partial charge in [-0.3, -0.25) is 9.78 Å². The van der Waals surface area contributed by atoms with Crippen LogP contribution < -0.4 is 10.6 Å². The van der Waals surface area contributed by atoms with Crippen molar-refractivity contribution in [2.45, 2.75) is 64.1 Å². The van der Waals surface area contributed by atoms with Crippen molar-refractivity contribution < 1.29 is 18.0 Å². The smallest absolute Gasteiger partial charge is 0.354 e. The van der Waals surface area contributed by atoms with Crippen LogP contribution in [-0.4, -0.2) is 44.8 Å². The van der Waals surface area contributed by atoms with Gasteiger partial charge in [0.15, 0.2) is 0 Å². The van der Waals surface area contributed by atoms with E-state index < -0.39 is 18.6 Å². The average Bonchev–Trinajstić information content (AvgIpc) is 3.16. The molecular weight excluding hydrogens is 445 g/mol. The van der Waals surface area contributed by atoms with Crippen molar-refractivity contribution in [3.63, 3.8) is 0 Å². The predicted molar refractivity (Wildman–Crippen MR) is 124 cm³/mol. The van der Waals surface area contributed by atoms with E-state index in [1.165, 1.54) is 6.92 Å². The molecule has 182 valence electrons. The molecule has 1 atom stereocenters. The Labute approximate surface area is 196 Å². The maximum atomic E-state index is 12.8. The number of rotatable bonds is 6. The molecule has 1 aliphatic carbocycles. The van der Waals surface area contributed by atoms with E-state index in [1.54, 1.807) is 30.0 Å². The molecule has 1 saturated carbocycles. The first kappa shape index (κ1) is 24.0. The Hall–Kier alpha value is -3.17. The molecular formula is C24H29F3N6O. The Morgan fingerprint density at radius 3 is 2.53 bits per heavy atom. The number of alkyl halides is 3. The number of nitrogens with zero attached hydrogens (tertiary/aromatic N) is 4. The van der Waals surface area contributed by atoms with Gasteiger partial charge in [-0.25, -0.2) is 9.50 Å². The highest BCUT2D eigenvalue weighted by molar-refractivity contribution is 5.92. The molecule has 0 aliphatic heterocycles. The minimum atomic E-state index is -4.27. The number of anilines is 1. The van der Waals surface area contributed by atoms with Crippen LogP contribution >= 0.6 is 0 Å². The van der Waals surface area contributed by atoms with Gasteiger partial charge in [0.2, 0.25) is 5.95 Å². The van der Waals surface area contributed by atoms with Crippen LogP contribution in [0.3, 0.4) is 0 Å². The molecule has 10 heteroatoms. The first-order chi connectivity index (χ1) is 16.1. The van der Waals surface area contributed by atoms with E-state index in [9.17, 15) is 18.0 Å². The van der Waals surface area contributed by atoms with Gasteiger partial charge in [-0.2, -0.15) is 13.2 Å². The highest BCUT2D eigenvalue weighted by Crippen LogP contribution is 2.39. The summed E-state index contributed by atoms with van der Waals surface area (Å²) in [5, 5.41) is 9.92. The van der Waals surface area contributed by atoms with Crippen LogP contribution in [0.2, 0.25) is 0 Å². The maximum absolute atomic E-state index is 12.8. The van der Waals surface area contributed by atoms with Crippen molar-refractivity contribution in [3.8, 4) is 11.1 Å². The van der Waals surface area contributed by atoms with Gasteiger partial charge < -0.3 is 10.6 Å². The fourth-order valence-electron chi connectivity index (χ4n) is 4.59. The van der Waals surface area contributed by atoms with Crippen LogP contribution in [0.5, 0.6) is 0 Å². The van der Waals surface area contributed by atoms with Gasteiger partial charge in [0, 0.05) is 42.0 Å². The second-order valence-electron chi connectivity index (χ2n) is 9.19. The zero-order chi connectivity index (χ0) is 24.5. The number of amides is 1. The van der Waals surface area contributed by atoms with Crippen molar-refractivity contribution in [2.75, 3.05) is 12.4 Å². The third kappa shape index (κ3) is 5.31. The largest absolute Gasteiger partial charge is 0.391 e. The van der Waals surface area contributed by atoms with Crippen molar-refractivity contribution in [2.24, 2.45) is 5.92 Å². The molecule has 3 aromatic heterocycles. The molecule has 0 radical (unpaired) electrons. The summed E-state index contributed by atoms with van der Waals surface area (Å²) in [6.07, 6.45) is 2.33. The van der Waals surface area contributed by atoms with Crippen LogP contribution in [0.4, 0.5) is 19.1 Å². The van der Waals surface area contributed by atoms with E-state index in [-0.39, 0.29) is 11.9 Å². The lowest BCUT2D eigenvalue weighted by molar-refractivity contribution is -0.136. The second-order valence-corrected chi connectivity index (χ2v) is 9.19. The van der Waals surface area contributed by atoms with Gasteiger partial charge in [-0.15, -0.1) is 5.10 Å². The summed E-state index contributed by atoms with van der Waals surface area (Å²) in [5.41, 5.74) is 3.77. The molecule has 1 amide bonds. The van der Waals surface area contributed by atoms with E-state index in [0.29, 0.717) is 17.5 Å². The lowest BCUT2D eigenvalue weighted by atomic mass is 9.81. The topological polar surface area (TPSA) is 84.2 Å². The van der Waals surface area contributed by atoms with Gasteiger partial charge in [0.25, 0.3) is 5.91 Å². The molecule has 34 heavy (non-hydrogen) atoms. The standard InChI is InChI=1S/C24H29F3N6O/c1-14-4-6-16(7-5-14)20-10-18(17-8-9-19(29-12-17)22(34)28-3)21-13-30-23(32-33(20)21)31-15(2)11-24(25,26)27/h8-10,12-16H,4-7,11H2,1-3H3,(H,28,34)(H,31,32)/t14?,15-,16?/m0/s1. The molecule has 0 unspecified atom stereocenters. The van der Waals surface area contributed by atoms with Crippen molar-refractivity contribution >= 4 is 17.4 Å². The molecule has 1 fully saturated rings. The van der Waals surface area contributed by atoms with Crippen LogP contribution in [-0.2, 0) is 0 Å². The number of pyridine rings is 1. The zero-order valence-electron chi connectivity index (χ0n) is 19.5. The Morgan fingerprint density at radius 1 is 1.18 bits per heavy atom. The van der Waals surface area contributed by atoms with E-state index in [4.69, 9.17) is 0 Å². The average molecular weight is 475 g/mol. The number of hydrogen-bond donors (Lipinski definition) is 2. The summed E-state index contributed by atoms with van der Waals surface area (Å²) in [4.78, 5) is 20.4. The van der Waals surface area contributed by atoms with E-state index in [0.717, 1.165) is 48.0 Å². The fourth-order valence-corrected chi connectivity index (χ4v) is 4.59. The summed E-state index contributed by atoms with van der Waals surface area (Å²) < 4.78 is 40.1. The molecule has 3 heterocycles. The summed E-state index contributed by atoms with van der Waals surface area (Å²) >= 11 is 0. The molecule has 0 bridgehead atoms. The van der Waals surface area contributed by atoms with Gasteiger partial charge in [-0.1, -0.05) is 25.8 Å². The summed E-state index contributed by atoms with van der Waals surface area (Å²) in [5.74, 6) is 0.867. The number of hydrogen-bond acceptors (Lipinski definition) is 5. The normalized spacial score (nSPS) is 19.7. The minimum absolute atomic E-state index is 0.157. The van der Waals surface area contributed by atoms with Crippen LogP contribution in [0.15, 0.2) is 30.6 Å². The van der Waals surface area contributed by atoms with Crippen LogP contribution in [0.1, 0.15) is 68.1 Å². The van der Waals surface area contributed by atoms with Gasteiger partial charge in [0.1, 0.15) is 5.69 Å². The van der Waals surface area contributed by atoms with Gasteiger partial charge >= 0.3 is 6.18 Å². The number of halogens is 3. The van der Waals surface area contributed by atoms with Crippen molar-refractivity contribution in [1.82, 2.24) is 24.9 Å². The molecule has 0 saturated heterocycles. The molecule has 2 N–H and O–H groups in total. The van der Waals surface area contributed by atoms with Crippen LogP contribution in [0.25, 0.3) is 16.6 Å². The SMILES string of the molecule is CNC(=O)c1ccc(-c2cc(C3CCC(C)CC3)n3nc(N[C@@H](C)CC(F)(F)F)ncc23)cn1. The number of fused-ring (bicyclic) bond motifs is 1. The van der Waals surface area contributed by atoms with E-state index in [2.05, 4.69) is 38.7 Å². The van der Waals surface area contributed by atoms with E-state index in [1.807, 2.05) is 6.07 Å². The lowest BCUT2D eigenvalue weighted by Crippen LogP contribution is -2.25. The number of carbonyl (C=O) groups is 1. The molecule has 0 aromatic carbocycles. The molecule has 3 aromatic rings. The number of carbonyl (C=O) groups excluding carboxylic acids is 1. The third-order valence-corrected chi connectivity index (χ3v) is 6.43. The Kier molecular flexibility index (Phi) is 6.77. The third-order valence-electron chi connectivity index (χ3n) is 6.43. The zero-order valence-corrected chi connectivity index (χ0v) is 19.5. The monoisotopic (exact) mass is 474 g/mol. The second kappa shape index (κ2) is 9.60. The molecule has 7 nitrogen and oxygen atoms in total. The summed E-state index contributed by atoms with van der Waals surface area (Å²) in [7, 11) is 1.55. The molecule has 1 aliphatic rings. The van der Waals surface area contributed by atoms with E-state index >= 15 is 0 Å².